The summed E-state index contributed by atoms with van der Waals surface area (Å²) >= 11 is 3.04. The molecule has 0 aliphatic rings. The van der Waals surface area contributed by atoms with Crippen LogP contribution >= 0.6 is 15.9 Å². The van der Waals surface area contributed by atoms with E-state index in [0.717, 1.165) is 11.1 Å². The van der Waals surface area contributed by atoms with E-state index in [1.165, 1.54) is 12.1 Å². The van der Waals surface area contributed by atoms with Crippen LogP contribution in [0.4, 0.5) is 8.78 Å². The maximum absolute atomic E-state index is 13.9. The van der Waals surface area contributed by atoms with Crippen molar-refractivity contribution >= 4 is 15.9 Å². The van der Waals surface area contributed by atoms with Crippen molar-refractivity contribution < 1.29 is 13.5 Å². The molecule has 0 saturated carbocycles. The topological polar surface area (TPSA) is 35.2 Å². The Labute approximate surface area is 131 Å². The second-order valence-corrected chi connectivity index (χ2v) is 5.79. The minimum absolute atomic E-state index is 0.110. The van der Waals surface area contributed by atoms with E-state index in [-0.39, 0.29) is 22.7 Å². The molecule has 1 unspecified atom stereocenters. The summed E-state index contributed by atoms with van der Waals surface area (Å²) in [6.07, 6.45) is 0. The average molecular weight is 356 g/mol. The Bertz CT molecular complexity index is 659. The maximum Gasteiger partial charge on any atom is 0.146 e. The minimum Gasteiger partial charge on any atom is -0.488 e. The molecule has 2 N–H and O–H groups in total. The lowest BCUT2D eigenvalue weighted by atomic mass is 10.1. The van der Waals surface area contributed by atoms with Gasteiger partial charge in [-0.2, -0.15) is 0 Å². The van der Waals surface area contributed by atoms with Gasteiger partial charge in [0.2, 0.25) is 0 Å². The third kappa shape index (κ3) is 3.60. The Morgan fingerprint density at radius 2 is 1.95 bits per heavy atom. The molecule has 5 heteroatoms. The molecule has 2 aromatic carbocycles. The molecule has 112 valence electrons. The fraction of sp³-hybridized carbons (Fsp3) is 0.250. The number of hydrogen-bond acceptors (Lipinski definition) is 2. The zero-order valence-corrected chi connectivity index (χ0v) is 13.4. The highest BCUT2D eigenvalue weighted by Crippen LogP contribution is 2.28. The van der Waals surface area contributed by atoms with Crippen molar-refractivity contribution in [3.8, 4) is 5.75 Å². The monoisotopic (exact) mass is 355 g/mol. The molecule has 0 radical (unpaired) electrons. The summed E-state index contributed by atoms with van der Waals surface area (Å²) in [4.78, 5) is 0. The van der Waals surface area contributed by atoms with E-state index in [1.807, 2.05) is 32.0 Å². The Balaban J connectivity index is 2.29. The molecular weight excluding hydrogens is 340 g/mol. The van der Waals surface area contributed by atoms with E-state index in [2.05, 4.69) is 15.9 Å². The third-order valence-corrected chi connectivity index (χ3v) is 3.78. The molecule has 21 heavy (non-hydrogen) atoms. The van der Waals surface area contributed by atoms with Crippen molar-refractivity contribution in [3.63, 3.8) is 0 Å². The van der Waals surface area contributed by atoms with Crippen molar-refractivity contribution in [3.05, 3.63) is 63.1 Å². The van der Waals surface area contributed by atoms with Crippen LogP contribution in [0.3, 0.4) is 0 Å². The maximum atomic E-state index is 13.9. The fourth-order valence-corrected chi connectivity index (χ4v) is 2.37. The smallest absolute Gasteiger partial charge is 0.146 e. The fourth-order valence-electron chi connectivity index (χ4n) is 1.99. The van der Waals surface area contributed by atoms with Crippen molar-refractivity contribution in [1.82, 2.24) is 0 Å². The summed E-state index contributed by atoms with van der Waals surface area (Å²) in [5.74, 6) is -0.737. The second kappa shape index (κ2) is 6.54. The molecule has 0 aromatic heterocycles. The van der Waals surface area contributed by atoms with Gasteiger partial charge in [-0.3, -0.25) is 0 Å². The summed E-state index contributed by atoms with van der Waals surface area (Å²) in [6, 6.07) is 7.90. The van der Waals surface area contributed by atoms with Crippen LogP contribution < -0.4 is 10.5 Å². The van der Waals surface area contributed by atoms with Crippen LogP contribution in [-0.2, 0) is 6.61 Å². The van der Waals surface area contributed by atoms with Crippen molar-refractivity contribution in [2.24, 2.45) is 5.73 Å². The lowest BCUT2D eigenvalue weighted by Gasteiger charge is -2.15. The first kappa shape index (κ1) is 15.9. The highest BCUT2D eigenvalue weighted by atomic mass is 79.9. The number of hydrogen-bond donors (Lipinski definition) is 1. The first-order valence-corrected chi connectivity index (χ1v) is 7.30. The molecule has 0 fully saturated rings. The van der Waals surface area contributed by atoms with E-state index >= 15 is 0 Å². The van der Waals surface area contributed by atoms with Gasteiger partial charge in [0.15, 0.2) is 0 Å². The molecule has 1 atom stereocenters. The number of benzene rings is 2. The first-order valence-electron chi connectivity index (χ1n) is 6.51. The van der Waals surface area contributed by atoms with E-state index in [0.29, 0.717) is 5.75 Å². The van der Waals surface area contributed by atoms with Gasteiger partial charge in [0.1, 0.15) is 24.0 Å². The van der Waals surface area contributed by atoms with E-state index in [1.54, 1.807) is 0 Å². The van der Waals surface area contributed by atoms with Gasteiger partial charge in [-0.25, -0.2) is 8.78 Å². The largest absolute Gasteiger partial charge is 0.488 e. The van der Waals surface area contributed by atoms with Gasteiger partial charge in [0, 0.05) is 11.6 Å². The highest BCUT2D eigenvalue weighted by molar-refractivity contribution is 9.10. The Morgan fingerprint density at radius 3 is 2.62 bits per heavy atom. The number of halogens is 3. The molecule has 2 rings (SSSR count). The lowest BCUT2D eigenvalue weighted by molar-refractivity contribution is 0.288. The SMILES string of the molecule is Cc1ccc(C(C)N)c(OCc2c(F)ccc(Br)c2F)c1. The zero-order chi connectivity index (χ0) is 15.6. The Kier molecular flexibility index (Phi) is 4.96. The number of rotatable bonds is 4. The molecule has 0 saturated heterocycles. The lowest BCUT2D eigenvalue weighted by Crippen LogP contribution is -2.09. The van der Waals surface area contributed by atoms with Crippen LogP contribution in [0.15, 0.2) is 34.8 Å². The second-order valence-electron chi connectivity index (χ2n) is 4.94. The van der Waals surface area contributed by atoms with Crippen molar-refractivity contribution in [1.29, 1.82) is 0 Å². The predicted molar refractivity (Wildman–Crippen MR) is 82.2 cm³/mol. The average Bonchev–Trinajstić information content (AvgIpc) is 2.43. The molecule has 2 nitrogen and oxygen atoms in total. The van der Waals surface area contributed by atoms with Gasteiger partial charge >= 0.3 is 0 Å². The molecular formula is C16H16BrF2NO. The normalized spacial score (nSPS) is 12.3. The third-order valence-electron chi connectivity index (χ3n) is 3.17. The van der Waals surface area contributed by atoms with Crippen LogP contribution in [0.2, 0.25) is 0 Å². The van der Waals surface area contributed by atoms with E-state index in [9.17, 15) is 8.78 Å². The molecule has 0 aliphatic carbocycles. The van der Waals surface area contributed by atoms with E-state index < -0.39 is 11.6 Å². The summed E-state index contributed by atoms with van der Waals surface area (Å²) in [6.45, 7) is 3.55. The first-order chi connectivity index (χ1) is 9.90. The zero-order valence-electron chi connectivity index (χ0n) is 11.8. The van der Waals surface area contributed by atoms with Gasteiger partial charge in [-0.1, -0.05) is 12.1 Å². The molecule has 0 bridgehead atoms. The van der Waals surface area contributed by atoms with Gasteiger partial charge in [0.25, 0.3) is 0 Å². The van der Waals surface area contributed by atoms with Gasteiger partial charge < -0.3 is 10.5 Å². The number of nitrogens with two attached hydrogens (primary N) is 1. The van der Waals surface area contributed by atoms with Crippen LogP contribution in [0.1, 0.15) is 29.7 Å². The van der Waals surface area contributed by atoms with Gasteiger partial charge in [0.05, 0.1) is 10.0 Å². The van der Waals surface area contributed by atoms with Crippen LogP contribution in [0.5, 0.6) is 5.75 Å². The summed E-state index contributed by atoms with van der Waals surface area (Å²) in [5.41, 5.74) is 7.56. The predicted octanol–water partition coefficient (Wildman–Crippen LogP) is 4.63. The van der Waals surface area contributed by atoms with Gasteiger partial charge in [-0.15, -0.1) is 0 Å². The molecule has 0 aliphatic heterocycles. The molecule has 0 spiro atoms. The van der Waals surface area contributed by atoms with Gasteiger partial charge in [-0.05, 0) is 53.5 Å². The summed E-state index contributed by atoms with van der Waals surface area (Å²) in [7, 11) is 0. The van der Waals surface area contributed by atoms with Crippen LogP contribution in [0, 0.1) is 18.6 Å². The van der Waals surface area contributed by atoms with Crippen molar-refractivity contribution in [2.45, 2.75) is 26.5 Å². The molecule has 2 aromatic rings. The summed E-state index contributed by atoms with van der Waals surface area (Å²) in [5, 5.41) is 0. The van der Waals surface area contributed by atoms with Crippen LogP contribution in [-0.4, -0.2) is 0 Å². The molecule has 0 heterocycles. The van der Waals surface area contributed by atoms with E-state index in [4.69, 9.17) is 10.5 Å². The van der Waals surface area contributed by atoms with Crippen LogP contribution in [0.25, 0.3) is 0 Å². The minimum atomic E-state index is -0.648. The Hall–Kier alpha value is -1.46. The highest BCUT2D eigenvalue weighted by Gasteiger charge is 2.15. The summed E-state index contributed by atoms with van der Waals surface area (Å²) < 4.78 is 33.4. The standard InChI is InChI=1S/C16H16BrF2NO/c1-9-3-4-11(10(2)20)15(7-9)21-8-12-14(18)6-5-13(17)16(12)19/h3-7,10H,8,20H2,1-2H3. The van der Waals surface area contributed by atoms with Crippen molar-refractivity contribution in [2.75, 3.05) is 0 Å². The number of ether oxygens (including phenoxy) is 1. The quantitative estimate of drug-likeness (QED) is 0.811. The number of aryl methyl sites for hydroxylation is 1. The molecule has 0 amide bonds. The Morgan fingerprint density at radius 1 is 1.24 bits per heavy atom.